The second-order valence-electron chi connectivity index (χ2n) is 6.74. The highest BCUT2D eigenvalue weighted by Crippen LogP contribution is 2.23. The van der Waals surface area contributed by atoms with E-state index in [4.69, 9.17) is 0 Å². The van der Waals surface area contributed by atoms with Gasteiger partial charge in [-0.1, -0.05) is 0 Å². The molecule has 1 aliphatic rings. The van der Waals surface area contributed by atoms with E-state index in [-0.39, 0.29) is 11.1 Å². The highest BCUT2D eigenvalue weighted by molar-refractivity contribution is 5.05. The maximum absolute atomic E-state index is 4.23. The van der Waals surface area contributed by atoms with E-state index in [1.807, 2.05) is 17.9 Å². The lowest BCUT2D eigenvalue weighted by molar-refractivity contribution is 0.0404. The first kappa shape index (κ1) is 13.6. The van der Waals surface area contributed by atoms with Gasteiger partial charge < -0.3 is 5.32 Å². The molecule has 1 aliphatic heterocycles. The van der Waals surface area contributed by atoms with E-state index in [9.17, 15) is 0 Å². The molecule has 0 radical (unpaired) electrons. The average Bonchev–Trinajstić information content (AvgIpc) is 2.66. The van der Waals surface area contributed by atoms with Crippen LogP contribution in [0.1, 0.15) is 33.3 Å². The minimum Gasteiger partial charge on any atom is -0.309 e. The normalized spacial score (nSPS) is 23.2. The standard InChI is InChI=1S/C14H26N4/c1-13(2)11-18(14(3,4)10-15-13)7-6-12-8-16-17(5)9-12/h8-9,15H,6-7,10-11H2,1-5H3. The van der Waals surface area contributed by atoms with Gasteiger partial charge in [-0.05, 0) is 39.7 Å². The molecule has 0 saturated carbocycles. The van der Waals surface area contributed by atoms with Crippen molar-refractivity contribution in [2.75, 3.05) is 19.6 Å². The molecule has 4 heteroatoms. The van der Waals surface area contributed by atoms with E-state index < -0.39 is 0 Å². The Labute approximate surface area is 110 Å². The first-order valence-corrected chi connectivity index (χ1v) is 6.76. The Morgan fingerprint density at radius 2 is 2.06 bits per heavy atom. The van der Waals surface area contributed by atoms with Crippen LogP contribution in [0.25, 0.3) is 0 Å². The number of rotatable bonds is 3. The van der Waals surface area contributed by atoms with Crippen LogP contribution in [0, 0.1) is 0 Å². The van der Waals surface area contributed by atoms with Crippen LogP contribution in [0.5, 0.6) is 0 Å². The summed E-state index contributed by atoms with van der Waals surface area (Å²) < 4.78 is 1.88. The van der Waals surface area contributed by atoms with Crippen molar-refractivity contribution in [2.45, 2.75) is 45.2 Å². The molecule has 0 aromatic carbocycles. The lowest BCUT2D eigenvalue weighted by Gasteiger charge is -2.49. The smallest absolute Gasteiger partial charge is 0.0522 e. The van der Waals surface area contributed by atoms with Crippen molar-refractivity contribution in [1.29, 1.82) is 0 Å². The zero-order valence-electron chi connectivity index (χ0n) is 12.3. The second-order valence-corrected chi connectivity index (χ2v) is 6.74. The molecule has 4 nitrogen and oxygen atoms in total. The van der Waals surface area contributed by atoms with Crippen LogP contribution in [-0.2, 0) is 13.5 Å². The predicted octanol–water partition coefficient (Wildman–Crippen LogP) is 1.42. The molecule has 2 heterocycles. The van der Waals surface area contributed by atoms with Crippen molar-refractivity contribution in [1.82, 2.24) is 20.0 Å². The number of aromatic nitrogens is 2. The largest absolute Gasteiger partial charge is 0.309 e. The minimum absolute atomic E-state index is 0.213. The van der Waals surface area contributed by atoms with Crippen LogP contribution < -0.4 is 5.32 Å². The van der Waals surface area contributed by atoms with Crippen LogP contribution in [0.2, 0.25) is 0 Å². The van der Waals surface area contributed by atoms with Gasteiger partial charge in [-0.25, -0.2) is 0 Å². The van der Waals surface area contributed by atoms with E-state index in [1.54, 1.807) is 0 Å². The van der Waals surface area contributed by atoms with Gasteiger partial charge in [0.25, 0.3) is 0 Å². The fourth-order valence-electron chi connectivity index (χ4n) is 2.56. The minimum atomic E-state index is 0.213. The van der Waals surface area contributed by atoms with Gasteiger partial charge in [0, 0.05) is 44.0 Å². The van der Waals surface area contributed by atoms with Crippen molar-refractivity contribution in [2.24, 2.45) is 7.05 Å². The maximum Gasteiger partial charge on any atom is 0.0522 e. The summed E-state index contributed by atoms with van der Waals surface area (Å²) in [6.07, 6.45) is 5.16. The Balaban J connectivity index is 1.97. The van der Waals surface area contributed by atoms with E-state index >= 15 is 0 Å². The van der Waals surface area contributed by atoms with Gasteiger partial charge in [0.1, 0.15) is 0 Å². The lowest BCUT2D eigenvalue weighted by atomic mass is 9.91. The summed E-state index contributed by atoms with van der Waals surface area (Å²) in [6, 6.07) is 0. The highest BCUT2D eigenvalue weighted by Gasteiger charge is 2.37. The first-order chi connectivity index (χ1) is 8.28. The molecule has 0 bridgehead atoms. The van der Waals surface area contributed by atoms with Gasteiger partial charge in [0.2, 0.25) is 0 Å². The molecule has 1 fully saturated rings. The van der Waals surface area contributed by atoms with Crippen molar-refractivity contribution in [3.8, 4) is 0 Å². The molecule has 102 valence electrons. The third kappa shape index (κ3) is 3.12. The van der Waals surface area contributed by atoms with Gasteiger partial charge in [0.05, 0.1) is 6.20 Å². The molecule has 0 amide bonds. The second kappa shape index (κ2) is 4.67. The summed E-state index contributed by atoms with van der Waals surface area (Å²) >= 11 is 0. The lowest BCUT2D eigenvalue weighted by Crippen LogP contribution is -2.66. The summed E-state index contributed by atoms with van der Waals surface area (Å²) in [5, 5.41) is 7.85. The highest BCUT2D eigenvalue weighted by atomic mass is 15.3. The van der Waals surface area contributed by atoms with Gasteiger partial charge >= 0.3 is 0 Å². The topological polar surface area (TPSA) is 33.1 Å². The molecule has 1 saturated heterocycles. The third-order valence-electron chi connectivity index (χ3n) is 3.87. The van der Waals surface area contributed by atoms with Crippen molar-refractivity contribution in [3.05, 3.63) is 18.0 Å². The fourth-order valence-corrected chi connectivity index (χ4v) is 2.56. The first-order valence-electron chi connectivity index (χ1n) is 6.76. The number of hydrogen-bond donors (Lipinski definition) is 1. The molecule has 1 N–H and O–H groups in total. The summed E-state index contributed by atoms with van der Waals surface area (Å²) in [5.74, 6) is 0. The van der Waals surface area contributed by atoms with Gasteiger partial charge in [-0.15, -0.1) is 0 Å². The monoisotopic (exact) mass is 250 g/mol. The molecule has 1 aromatic rings. The molecule has 1 aromatic heterocycles. The van der Waals surface area contributed by atoms with E-state index in [0.29, 0.717) is 0 Å². The molecule has 2 rings (SSSR count). The molecular formula is C14H26N4. The number of aryl methyl sites for hydroxylation is 1. The summed E-state index contributed by atoms with van der Waals surface area (Å²) in [6.45, 7) is 12.4. The molecular weight excluding hydrogens is 224 g/mol. The Bertz CT molecular complexity index is 406. The maximum atomic E-state index is 4.23. The van der Waals surface area contributed by atoms with Crippen LogP contribution in [0.3, 0.4) is 0 Å². The van der Waals surface area contributed by atoms with Crippen LogP contribution in [-0.4, -0.2) is 45.4 Å². The number of nitrogens with zero attached hydrogens (tertiary/aromatic N) is 3. The van der Waals surface area contributed by atoms with Gasteiger partial charge in [-0.2, -0.15) is 5.10 Å². The summed E-state index contributed by atoms with van der Waals surface area (Å²) in [7, 11) is 1.97. The van der Waals surface area contributed by atoms with Crippen molar-refractivity contribution >= 4 is 0 Å². The Kier molecular flexibility index (Phi) is 3.52. The summed E-state index contributed by atoms with van der Waals surface area (Å²) in [4.78, 5) is 2.59. The quantitative estimate of drug-likeness (QED) is 0.881. The Hall–Kier alpha value is -0.870. The van der Waals surface area contributed by atoms with Crippen molar-refractivity contribution < 1.29 is 0 Å². The number of hydrogen-bond acceptors (Lipinski definition) is 3. The molecule has 0 aliphatic carbocycles. The Morgan fingerprint density at radius 1 is 1.33 bits per heavy atom. The predicted molar refractivity (Wildman–Crippen MR) is 74.6 cm³/mol. The summed E-state index contributed by atoms with van der Waals surface area (Å²) in [5.41, 5.74) is 1.77. The van der Waals surface area contributed by atoms with Crippen LogP contribution in [0.4, 0.5) is 0 Å². The SMILES string of the molecule is Cn1cc(CCN2CC(C)(C)NCC2(C)C)cn1. The third-order valence-corrected chi connectivity index (χ3v) is 3.87. The number of nitrogens with one attached hydrogen (secondary N) is 1. The van der Waals surface area contributed by atoms with Gasteiger partial charge in [0.15, 0.2) is 0 Å². The van der Waals surface area contributed by atoms with E-state index in [1.165, 1.54) is 5.56 Å². The average molecular weight is 250 g/mol. The van der Waals surface area contributed by atoms with Crippen LogP contribution in [0.15, 0.2) is 12.4 Å². The molecule has 0 unspecified atom stereocenters. The Morgan fingerprint density at radius 3 is 2.67 bits per heavy atom. The molecule has 0 atom stereocenters. The number of piperazine rings is 1. The van der Waals surface area contributed by atoms with E-state index in [0.717, 1.165) is 26.1 Å². The zero-order chi connectivity index (χ0) is 13.4. The van der Waals surface area contributed by atoms with Crippen molar-refractivity contribution in [3.63, 3.8) is 0 Å². The molecule has 18 heavy (non-hydrogen) atoms. The molecule has 0 spiro atoms. The van der Waals surface area contributed by atoms with Crippen LogP contribution >= 0.6 is 0 Å². The van der Waals surface area contributed by atoms with Gasteiger partial charge in [-0.3, -0.25) is 9.58 Å². The fraction of sp³-hybridized carbons (Fsp3) is 0.786. The zero-order valence-corrected chi connectivity index (χ0v) is 12.3. The van der Waals surface area contributed by atoms with E-state index in [2.05, 4.69) is 49.2 Å².